The van der Waals surface area contributed by atoms with E-state index in [9.17, 15) is 0 Å². The summed E-state index contributed by atoms with van der Waals surface area (Å²) in [7, 11) is 0. The Labute approximate surface area is 204 Å². The molecular weight excluding hydrogens is 432 g/mol. The normalized spacial score (nSPS) is 12.3. The maximum absolute atomic E-state index is 6.34. The summed E-state index contributed by atoms with van der Waals surface area (Å²) >= 11 is 0. The number of aryl methyl sites for hydroxylation is 3. The van der Waals surface area contributed by atoms with Gasteiger partial charge in [-0.25, -0.2) is 9.97 Å². The maximum atomic E-state index is 6.34. The van der Waals surface area contributed by atoms with Gasteiger partial charge in [-0.05, 0) is 79.3 Å². The van der Waals surface area contributed by atoms with Crippen LogP contribution in [0.25, 0.3) is 55.7 Å². The Morgan fingerprint density at radius 1 is 0.714 bits per heavy atom. The molecule has 0 radical (unpaired) electrons. The van der Waals surface area contributed by atoms with Crippen LogP contribution >= 0.6 is 0 Å². The SMILES string of the molecule is Cc1ccc2c(n1)oc1c(-c3ccc4cc(-c5c(C)cc(C(C)(C)C)cc5C)oc4n3)cccc12. The first-order valence-electron chi connectivity index (χ1n) is 12.0. The lowest BCUT2D eigenvalue weighted by Gasteiger charge is -2.21. The lowest BCUT2D eigenvalue weighted by atomic mass is 9.83. The van der Waals surface area contributed by atoms with Crippen LogP contribution in [0.3, 0.4) is 0 Å². The van der Waals surface area contributed by atoms with Gasteiger partial charge in [0.2, 0.25) is 11.4 Å². The first kappa shape index (κ1) is 21.6. The molecule has 2 aromatic carbocycles. The Morgan fingerprint density at radius 3 is 2.23 bits per heavy atom. The van der Waals surface area contributed by atoms with Crippen molar-refractivity contribution in [2.45, 2.75) is 47.0 Å². The number of nitrogens with zero attached hydrogens (tertiary/aromatic N) is 2. The van der Waals surface area contributed by atoms with Crippen LogP contribution in [0, 0.1) is 20.8 Å². The molecule has 4 aromatic heterocycles. The van der Waals surface area contributed by atoms with Crippen molar-refractivity contribution < 1.29 is 8.83 Å². The molecular formula is C31H28N2O2. The van der Waals surface area contributed by atoms with Crippen molar-refractivity contribution in [2.75, 3.05) is 0 Å². The van der Waals surface area contributed by atoms with Crippen LogP contribution in [0.2, 0.25) is 0 Å². The average molecular weight is 461 g/mol. The Hall–Kier alpha value is -3.92. The molecule has 0 aliphatic heterocycles. The number of fused-ring (bicyclic) bond motifs is 4. The molecule has 0 amide bonds. The van der Waals surface area contributed by atoms with Crippen LogP contribution in [0.1, 0.15) is 43.2 Å². The summed E-state index contributed by atoms with van der Waals surface area (Å²) in [4.78, 5) is 9.47. The van der Waals surface area contributed by atoms with Crippen molar-refractivity contribution in [2.24, 2.45) is 0 Å². The fourth-order valence-electron chi connectivity index (χ4n) is 4.95. The minimum absolute atomic E-state index is 0.101. The van der Waals surface area contributed by atoms with Crippen molar-refractivity contribution in [3.8, 4) is 22.6 Å². The zero-order chi connectivity index (χ0) is 24.5. The van der Waals surface area contributed by atoms with E-state index in [0.717, 1.165) is 50.0 Å². The summed E-state index contributed by atoms with van der Waals surface area (Å²) in [5.41, 5.74) is 9.74. The molecule has 4 nitrogen and oxygen atoms in total. The minimum Gasteiger partial charge on any atom is -0.438 e. The van der Waals surface area contributed by atoms with Gasteiger partial charge in [0.15, 0.2) is 0 Å². The molecule has 35 heavy (non-hydrogen) atoms. The summed E-state index contributed by atoms with van der Waals surface area (Å²) in [6.45, 7) is 13.0. The number of pyridine rings is 2. The van der Waals surface area contributed by atoms with Crippen LogP contribution in [-0.4, -0.2) is 9.97 Å². The third-order valence-corrected chi connectivity index (χ3v) is 6.81. The smallest absolute Gasteiger partial charge is 0.227 e. The fourth-order valence-corrected chi connectivity index (χ4v) is 4.95. The van der Waals surface area contributed by atoms with Crippen LogP contribution in [0.4, 0.5) is 0 Å². The second kappa shape index (κ2) is 7.54. The van der Waals surface area contributed by atoms with E-state index in [1.807, 2.05) is 31.2 Å². The topological polar surface area (TPSA) is 52.1 Å². The molecule has 0 fully saturated rings. The largest absolute Gasteiger partial charge is 0.438 e. The summed E-state index contributed by atoms with van der Waals surface area (Å²) in [5, 5.41) is 3.03. The molecule has 0 N–H and O–H groups in total. The first-order chi connectivity index (χ1) is 16.7. The lowest BCUT2D eigenvalue weighted by Crippen LogP contribution is -2.12. The Balaban J connectivity index is 1.48. The molecule has 4 heteroatoms. The van der Waals surface area contributed by atoms with Gasteiger partial charge in [-0.3, -0.25) is 0 Å². The van der Waals surface area contributed by atoms with Crippen molar-refractivity contribution in [1.82, 2.24) is 9.97 Å². The van der Waals surface area contributed by atoms with Crippen molar-refractivity contribution in [1.29, 1.82) is 0 Å². The third-order valence-electron chi connectivity index (χ3n) is 6.81. The quantitative estimate of drug-likeness (QED) is 0.259. The second-order valence-electron chi connectivity index (χ2n) is 10.5. The molecule has 0 aliphatic carbocycles. The molecule has 6 rings (SSSR count). The zero-order valence-electron chi connectivity index (χ0n) is 21.0. The number of hydrogen-bond acceptors (Lipinski definition) is 4. The zero-order valence-corrected chi connectivity index (χ0v) is 21.0. The predicted octanol–water partition coefficient (Wildman–Crippen LogP) is 8.68. The Morgan fingerprint density at radius 2 is 1.49 bits per heavy atom. The number of benzene rings is 2. The summed E-state index contributed by atoms with van der Waals surface area (Å²) in [5.74, 6) is 0.849. The highest BCUT2D eigenvalue weighted by atomic mass is 16.3. The number of hydrogen-bond donors (Lipinski definition) is 0. The van der Waals surface area contributed by atoms with Gasteiger partial charge in [-0.2, -0.15) is 0 Å². The van der Waals surface area contributed by atoms with Crippen LogP contribution in [-0.2, 0) is 5.41 Å². The molecule has 0 saturated heterocycles. The molecule has 0 spiro atoms. The van der Waals surface area contributed by atoms with Gasteiger partial charge in [0, 0.05) is 33.0 Å². The van der Waals surface area contributed by atoms with Crippen molar-refractivity contribution in [3.05, 3.63) is 83.0 Å². The molecule has 6 aromatic rings. The average Bonchev–Trinajstić information content (AvgIpc) is 3.37. The Kier molecular flexibility index (Phi) is 4.65. The maximum Gasteiger partial charge on any atom is 0.227 e. The van der Waals surface area contributed by atoms with Gasteiger partial charge < -0.3 is 8.83 Å². The second-order valence-corrected chi connectivity index (χ2v) is 10.5. The van der Waals surface area contributed by atoms with E-state index in [1.165, 1.54) is 16.7 Å². The highest BCUT2D eigenvalue weighted by Crippen LogP contribution is 2.38. The molecule has 0 bridgehead atoms. The molecule has 4 heterocycles. The number of aromatic nitrogens is 2. The van der Waals surface area contributed by atoms with Gasteiger partial charge in [0.1, 0.15) is 11.3 Å². The van der Waals surface area contributed by atoms with E-state index in [0.29, 0.717) is 11.4 Å². The summed E-state index contributed by atoms with van der Waals surface area (Å²) in [6, 6.07) is 21.0. The van der Waals surface area contributed by atoms with E-state index in [-0.39, 0.29) is 5.41 Å². The van der Waals surface area contributed by atoms with Gasteiger partial charge in [-0.1, -0.05) is 45.0 Å². The highest BCUT2D eigenvalue weighted by Gasteiger charge is 2.20. The monoisotopic (exact) mass is 460 g/mol. The van der Waals surface area contributed by atoms with E-state index < -0.39 is 0 Å². The van der Waals surface area contributed by atoms with Crippen LogP contribution in [0.15, 0.2) is 69.5 Å². The van der Waals surface area contributed by atoms with Crippen LogP contribution < -0.4 is 0 Å². The van der Waals surface area contributed by atoms with Crippen molar-refractivity contribution in [3.63, 3.8) is 0 Å². The highest BCUT2D eigenvalue weighted by molar-refractivity contribution is 6.08. The lowest BCUT2D eigenvalue weighted by molar-refractivity contribution is 0.588. The minimum atomic E-state index is 0.101. The summed E-state index contributed by atoms with van der Waals surface area (Å²) < 4.78 is 12.5. The summed E-state index contributed by atoms with van der Waals surface area (Å²) in [6.07, 6.45) is 0. The van der Waals surface area contributed by atoms with Crippen LogP contribution in [0.5, 0.6) is 0 Å². The first-order valence-corrected chi connectivity index (χ1v) is 12.0. The molecule has 0 unspecified atom stereocenters. The number of rotatable bonds is 2. The standard InChI is InChI=1S/C31H28N2O2/c1-17-14-21(31(4,5)6)15-18(2)27(17)26-16-20-11-13-25(33-29(20)34-26)24-9-7-8-22-23-12-10-19(3)32-30(23)35-28(22)24/h7-16H,1-6H3. The molecule has 0 saturated carbocycles. The van der Waals surface area contributed by atoms with E-state index in [1.54, 1.807) is 0 Å². The van der Waals surface area contributed by atoms with Crippen molar-refractivity contribution >= 4 is 33.2 Å². The van der Waals surface area contributed by atoms with E-state index >= 15 is 0 Å². The fraction of sp³-hybridized carbons (Fsp3) is 0.226. The van der Waals surface area contributed by atoms with E-state index in [4.69, 9.17) is 13.8 Å². The molecule has 0 aliphatic rings. The third kappa shape index (κ3) is 3.52. The number of furan rings is 2. The number of para-hydroxylation sites is 1. The molecule has 174 valence electrons. The molecule has 0 atom stereocenters. The van der Waals surface area contributed by atoms with Gasteiger partial charge in [0.25, 0.3) is 0 Å². The predicted molar refractivity (Wildman–Crippen MR) is 143 cm³/mol. The Bertz CT molecular complexity index is 1740. The van der Waals surface area contributed by atoms with Gasteiger partial charge >= 0.3 is 0 Å². The van der Waals surface area contributed by atoms with Gasteiger partial charge in [-0.15, -0.1) is 0 Å². The van der Waals surface area contributed by atoms with Gasteiger partial charge in [0.05, 0.1) is 5.69 Å². The van der Waals surface area contributed by atoms with E-state index in [2.05, 4.69) is 76.0 Å².